The van der Waals surface area contributed by atoms with Gasteiger partial charge in [0.15, 0.2) is 0 Å². The molecule has 0 aliphatic carbocycles. The van der Waals surface area contributed by atoms with Crippen LogP contribution in [0, 0.1) is 0 Å². The Morgan fingerprint density at radius 3 is 2.19 bits per heavy atom. The molecule has 0 aliphatic heterocycles. The van der Waals surface area contributed by atoms with E-state index < -0.39 is 10.0 Å². The van der Waals surface area contributed by atoms with Gasteiger partial charge in [-0.05, 0) is 55.8 Å². The second kappa shape index (κ2) is 6.58. The summed E-state index contributed by atoms with van der Waals surface area (Å²) in [5, 5.41) is 3.36. The van der Waals surface area contributed by atoms with Crippen molar-refractivity contribution in [2.24, 2.45) is 0 Å². The number of rotatable bonds is 6. The fourth-order valence-electron chi connectivity index (χ4n) is 1.87. The van der Waals surface area contributed by atoms with Crippen molar-refractivity contribution >= 4 is 21.4 Å². The van der Waals surface area contributed by atoms with Crippen LogP contribution >= 0.6 is 0 Å². The number of aromatic nitrogens is 1. The van der Waals surface area contributed by atoms with Crippen LogP contribution in [0.3, 0.4) is 0 Å². The normalized spacial score (nSPS) is 12.7. The van der Waals surface area contributed by atoms with E-state index in [1.165, 1.54) is 0 Å². The summed E-state index contributed by atoms with van der Waals surface area (Å²) in [6, 6.07) is 11.3. The lowest BCUT2D eigenvalue weighted by atomic mass is 10.1. The van der Waals surface area contributed by atoms with Crippen molar-refractivity contribution in [2.45, 2.75) is 19.9 Å². The molecular weight excluding hydrogens is 286 g/mol. The maximum absolute atomic E-state index is 11.5. The molecule has 1 heterocycles. The lowest BCUT2D eigenvalue weighted by Gasteiger charge is -2.16. The average molecular weight is 305 g/mol. The third-order valence-electron chi connectivity index (χ3n) is 3.13. The van der Waals surface area contributed by atoms with Crippen molar-refractivity contribution in [3.63, 3.8) is 0 Å². The zero-order chi connectivity index (χ0) is 15.3. The molecule has 1 unspecified atom stereocenters. The maximum atomic E-state index is 11.5. The number of nitrogens with zero attached hydrogens (tertiary/aromatic N) is 1. The first-order chi connectivity index (χ1) is 10.00. The van der Waals surface area contributed by atoms with E-state index in [-0.39, 0.29) is 11.8 Å². The van der Waals surface area contributed by atoms with Crippen LogP contribution in [-0.4, -0.2) is 19.2 Å². The van der Waals surface area contributed by atoms with E-state index in [9.17, 15) is 8.42 Å². The molecule has 2 N–H and O–H groups in total. The number of hydrogen-bond donors (Lipinski definition) is 2. The summed E-state index contributed by atoms with van der Waals surface area (Å²) in [4.78, 5) is 4.00. The van der Waals surface area contributed by atoms with Gasteiger partial charge in [-0.2, -0.15) is 0 Å². The fourth-order valence-corrected chi connectivity index (χ4v) is 2.51. The van der Waals surface area contributed by atoms with Crippen molar-refractivity contribution in [3.05, 3.63) is 54.4 Å². The third kappa shape index (κ3) is 4.46. The van der Waals surface area contributed by atoms with E-state index in [2.05, 4.69) is 21.9 Å². The Bertz CT molecular complexity index is 670. The van der Waals surface area contributed by atoms with Crippen LogP contribution in [0.15, 0.2) is 48.8 Å². The molecule has 2 aromatic rings. The molecule has 5 nitrogen and oxygen atoms in total. The van der Waals surface area contributed by atoms with Gasteiger partial charge < -0.3 is 5.32 Å². The molecule has 2 rings (SSSR count). The SMILES string of the molecule is CCS(=O)(=O)Nc1ccc(NC(C)c2ccncc2)cc1. The van der Waals surface area contributed by atoms with Crippen molar-refractivity contribution in [3.8, 4) is 0 Å². The monoisotopic (exact) mass is 305 g/mol. The highest BCUT2D eigenvalue weighted by molar-refractivity contribution is 7.92. The van der Waals surface area contributed by atoms with Crippen molar-refractivity contribution in [2.75, 3.05) is 15.8 Å². The Labute approximate surface area is 125 Å². The van der Waals surface area contributed by atoms with Crippen molar-refractivity contribution < 1.29 is 8.42 Å². The lowest BCUT2D eigenvalue weighted by Crippen LogP contribution is -2.14. The van der Waals surface area contributed by atoms with E-state index in [1.54, 1.807) is 31.5 Å². The summed E-state index contributed by atoms with van der Waals surface area (Å²) in [5.41, 5.74) is 2.64. The van der Waals surface area contributed by atoms with Crippen molar-refractivity contribution in [1.29, 1.82) is 0 Å². The van der Waals surface area contributed by atoms with Crippen LogP contribution in [0.5, 0.6) is 0 Å². The quantitative estimate of drug-likeness (QED) is 0.860. The Balaban J connectivity index is 2.03. The zero-order valence-corrected chi connectivity index (χ0v) is 12.9. The van der Waals surface area contributed by atoms with Gasteiger partial charge in [0.2, 0.25) is 10.0 Å². The number of hydrogen-bond acceptors (Lipinski definition) is 4. The Kier molecular flexibility index (Phi) is 4.80. The van der Waals surface area contributed by atoms with Crippen LogP contribution < -0.4 is 10.0 Å². The van der Waals surface area contributed by atoms with Crippen LogP contribution in [0.2, 0.25) is 0 Å². The van der Waals surface area contributed by atoms with E-state index in [0.29, 0.717) is 5.69 Å². The molecule has 112 valence electrons. The average Bonchev–Trinajstić information content (AvgIpc) is 2.50. The van der Waals surface area contributed by atoms with Gasteiger partial charge in [-0.25, -0.2) is 8.42 Å². The molecule has 1 aromatic carbocycles. The molecule has 0 saturated carbocycles. The number of nitrogens with one attached hydrogen (secondary N) is 2. The summed E-state index contributed by atoms with van der Waals surface area (Å²) in [6.07, 6.45) is 3.52. The fraction of sp³-hybridized carbons (Fsp3) is 0.267. The molecule has 6 heteroatoms. The van der Waals surface area contributed by atoms with Crippen molar-refractivity contribution in [1.82, 2.24) is 4.98 Å². The molecule has 0 fully saturated rings. The second-order valence-electron chi connectivity index (χ2n) is 4.73. The summed E-state index contributed by atoms with van der Waals surface area (Å²) in [6.45, 7) is 3.66. The van der Waals surface area contributed by atoms with E-state index >= 15 is 0 Å². The number of sulfonamides is 1. The Hall–Kier alpha value is -2.08. The van der Waals surface area contributed by atoms with Gasteiger partial charge in [0, 0.05) is 29.8 Å². The molecule has 21 heavy (non-hydrogen) atoms. The number of pyridine rings is 1. The van der Waals surface area contributed by atoms with Gasteiger partial charge in [-0.1, -0.05) is 0 Å². The molecule has 0 amide bonds. The largest absolute Gasteiger partial charge is 0.379 e. The molecule has 0 radical (unpaired) electrons. The minimum absolute atomic E-state index is 0.0616. The maximum Gasteiger partial charge on any atom is 0.232 e. The van der Waals surface area contributed by atoms with Crippen LogP contribution in [0.1, 0.15) is 25.5 Å². The Morgan fingerprint density at radius 1 is 1.05 bits per heavy atom. The first kappa shape index (κ1) is 15.3. The van der Waals surface area contributed by atoms with Gasteiger partial charge >= 0.3 is 0 Å². The smallest absolute Gasteiger partial charge is 0.232 e. The van der Waals surface area contributed by atoms with Gasteiger partial charge in [0.1, 0.15) is 0 Å². The number of anilines is 2. The topological polar surface area (TPSA) is 71.1 Å². The molecule has 0 saturated heterocycles. The summed E-state index contributed by atoms with van der Waals surface area (Å²) < 4.78 is 25.5. The van der Waals surface area contributed by atoms with Gasteiger partial charge in [-0.3, -0.25) is 9.71 Å². The first-order valence-corrected chi connectivity index (χ1v) is 8.42. The molecule has 0 spiro atoms. The van der Waals surface area contributed by atoms with Gasteiger partial charge in [0.05, 0.1) is 5.75 Å². The predicted octanol–water partition coefficient (Wildman–Crippen LogP) is 3.02. The summed E-state index contributed by atoms with van der Waals surface area (Å²) in [7, 11) is -3.23. The molecule has 1 aromatic heterocycles. The molecule has 0 bridgehead atoms. The molecular formula is C15H19N3O2S. The van der Waals surface area contributed by atoms with Gasteiger partial charge in [0.25, 0.3) is 0 Å². The highest BCUT2D eigenvalue weighted by atomic mass is 32.2. The third-order valence-corrected chi connectivity index (χ3v) is 4.43. The molecule has 0 aliphatic rings. The van der Waals surface area contributed by atoms with E-state index in [1.807, 2.05) is 24.3 Å². The minimum atomic E-state index is -3.23. The highest BCUT2D eigenvalue weighted by Crippen LogP contribution is 2.20. The zero-order valence-electron chi connectivity index (χ0n) is 12.1. The van der Waals surface area contributed by atoms with E-state index in [4.69, 9.17) is 0 Å². The molecule has 1 atom stereocenters. The van der Waals surface area contributed by atoms with Crippen LogP contribution in [0.4, 0.5) is 11.4 Å². The lowest BCUT2D eigenvalue weighted by molar-refractivity contribution is 0.602. The van der Waals surface area contributed by atoms with E-state index in [0.717, 1.165) is 11.3 Å². The summed E-state index contributed by atoms with van der Waals surface area (Å²) in [5.74, 6) is 0.0616. The number of benzene rings is 1. The Morgan fingerprint density at radius 2 is 1.62 bits per heavy atom. The highest BCUT2D eigenvalue weighted by Gasteiger charge is 2.07. The predicted molar refractivity (Wildman–Crippen MR) is 85.8 cm³/mol. The standard InChI is InChI=1S/C15H19N3O2S/c1-3-21(19,20)18-15-6-4-14(5-7-15)17-12(2)13-8-10-16-11-9-13/h4-12,17-18H,3H2,1-2H3. The van der Waals surface area contributed by atoms with Crippen LogP contribution in [0.25, 0.3) is 0 Å². The second-order valence-corrected chi connectivity index (χ2v) is 6.74. The first-order valence-electron chi connectivity index (χ1n) is 6.77. The van der Waals surface area contributed by atoms with Gasteiger partial charge in [-0.15, -0.1) is 0 Å². The minimum Gasteiger partial charge on any atom is -0.379 e. The van der Waals surface area contributed by atoms with Crippen LogP contribution in [-0.2, 0) is 10.0 Å². The summed E-state index contributed by atoms with van der Waals surface area (Å²) >= 11 is 0.